The number of nitrogens with zero attached hydrogens (tertiary/aromatic N) is 1. The second kappa shape index (κ2) is 6.34. The molecule has 18 heavy (non-hydrogen) atoms. The van der Waals surface area contributed by atoms with E-state index in [1.165, 1.54) is 6.42 Å². The smallest absolute Gasteiger partial charge is 0.253 e. The SMILES string of the molecule is CNC[C@H]1CCCN(C(=O)c2ccc(Br)cc2)C1. The highest BCUT2D eigenvalue weighted by Gasteiger charge is 2.23. The van der Waals surface area contributed by atoms with Gasteiger partial charge < -0.3 is 10.2 Å². The van der Waals surface area contributed by atoms with Gasteiger partial charge in [0, 0.05) is 23.1 Å². The minimum Gasteiger partial charge on any atom is -0.338 e. The van der Waals surface area contributed by atoms with Crippen molar-refractivity contribution in [2.75, 3.05) is 26.7 Å². The first-order valence-electron chi connectivity index (χ1n) is 6.40. The van der Waals surface area contributed by atoms with E-state index in [1.807, 2.05) is 36.2 Å². The van der Waals surface area contributed by atoms with Crippen molar-refractivity contribution in [2.45, 2.75) is 12.8 Å². The van der Waals surface area contributed by atoms with Crippen LogP contribution in [0.25, 0.3) is 0 Å². The van der Waals surface area contributed by atoms with Crippen molar-refractivity contribution >= 4 is 21.8 Å². The molecule has 1 fully saturated rings. The van der Waals surface area contributed by atoms with Gasteiger partial charge in [-0.3, -0.25) is 4.79 Å². The molecule has 0 saturated carbocycles. The molecule has 1 N–H and O–H groups in total. The Morgan fingerprint density at radius 3 is 2.83 bits per heavy atom. The van der Waals surface area contributed by atoms with Gasteiger partial charge in [-0.1, -0.05) is 15.9 Å². The highest BCUT2D eigenvalue weighted by molar-refractivity contribution is 9.10. The number of likely N-dealkylation sites (tertiary alicyclic amines) is 1. The molecule has 1 amide bonds. The highest BCUT2D eigenvalue weighted by atomic mass is 79.9. The number of piperidine rings is 1. The Morgan fingerprint density at radius 2 is 2.17 bits per heavy atom. The third kappa shape index (κ3) is 3.33. The van der Waals surface area contributed by atoms with E-state index >= 15 is 0 Å². The number of halogens is 1. The second-order valence-corrected chi connectivity index (χ2v) is 5.74. The summed E-state index contributed by atoms with van der Waals surface area (Å²) in [7, 11) is 1.97. The number of carbonyl (C=O) groups is 1. The van der Waals surface area contributed by atoms with Crippen LogP contribution in [0.4, 0.5) is 0 Å². The summed E-state index contributed by atoms with van der Waals surface area (Å²) in [6, 6.07) is 7.60. The lowest BCUT2D eigenvalue weighted by Crippen LogP contribution is -2.42. The first kappa shape index (κ1) is 13.6. The predicted molar refractivity (Wildman–Crippen MR) is 76.7 cm³/mol. The van der Waals surface area contributed by atoms with E-state index in [2.05, 4.69) is 21.2 Å². The quantitative estimate of drug-likeness (QED) is 0.930. The maximum absolute atomic E-state index is 12.4. The monoisotopic (exact) mass is 310 g/mol. The zero-order valence-electron chi connectivity index (χ0n) is 10.7. The van der Waals surface area contributed by atoms with E-state index < -0.39 is 0 Å². The molecule has 1 saturated heterocycles. The van der Waals surface area contributed by atoms with Crippen LogP contribution in [0.5, 0.6) is 0 Å². The van der Waals surface area contributed by atoms with E-state index in [9.17, 15) is 4.79 Å². The summed E-state index contributed by atoms with van der Waals surface area (Å²) in [5.74, 6) is 0.742. The zero-order valence-corrected chi connectivity index (χ0v) is 12.2. The van der Waals surface area contributed by atoms with Gasteiger partial charge in [0.2, 0.25) is 0 Å². The molecule has 4 heteroatoms. The molecule has 0 radical (unpaired) electrons. The van der Waals surface area contributed by atoms with Gasteiger partial charge in [0.15, 0.2) is 0 Å². The molecule has 1 aromatic rings. The van der Waals surface area contributed by atoms with Crippen molar-refractivity contribution in [1.29, 1.82) is 0 Å². The molecule has 1 aliphatic heterocycles. The summed E-state index contributed by atoms with van der Waals surface area (Å²) in [6.07, 6.45) is 2.32. The molecule has 2 rings (SSSR count). The lowest BCUT2D eigenvalue weighted by Gasteiger charge is -2.32. The molecule has 1 aromatic carbocycles. The van der Waals surface area contributed by atoms with E-state index in [0.717, 1.165) is 36.1 Å². The van der Waals surface area contributed by atoms with E-state index in [0.29, 0.717) is 5.92 Å². The fourth-order valence-electron chi connectivity index (χ4n) is 2.48. The van der Waals surface area contributed by atoms with E-state index in [1.54, 1.807) is 0 Å². The van der Waals surface area contributed by atoms with Crippen molar-refractivity contribution < 1.29 is 4.79 Å². The molecule has 0 aliphatic carbocycles. The number of hydrogen-bond acceptors (Lipinski definition) is 2. The fraction of sp³-hybridized carbons (Fsp3) is 0.500. The lowest BCUT2D eigenvalue weighted by molar-refractivity contribution is 0.0674. The summed E-state index contributed by atoms with van der Waals surface area (Å²) in [6.45, 7) is 2.75. The Hall–Kier alpha value is -0.870. The van der Waals surface area contributed by atoms with Gasteiger partial charge in [-0.2, -0.15) is 0 Å². The van der Waals surface area contributed by atoms with Crippen LogP contribution >= 0.6 is 15.9 Å². The van der Waals surface area contributed by atoms with Crippen LogP contribution in [0.1, 0.15) is 23.2 Å². The second-order valence-electron chi connectivity index (χ2n) is 4.82. The molecule has 1 aliphatic rings. The molecule has 0 spiro atoms. The van der Waals surface area contributed by atoms with Crippen LogP contribution < -0.4 is 5.32 Å². The molecule has 0 aromatic heterocycles. The summed E-state index contributed by atoms with van der Waals surface area (Å²) in [5, 5.41) is 3.20. The van der Waals surface area contributed by atoms with Crippen LogP contribution in [-0.2, 0) is 0 Å². The van der Waals surface area contributed by atoms with Gasteiger partial charge in [0.05, 0.1) is 0 Å². The minimum atomic E-state index is 0.156. The average Bonchev–Trinajstić information content (AvgIpc) is 2.39. The summed E-state index contributed by atoms with van der Waals surface area (Å²) < 4.78 is 1.01. The fourth-order valence-corrected chi connectivity index (χ4v) is 2.74. The van der Waals surface area contributed by atoms with Gasteiger partial charge in [-0.25, -0.2) is 0 Å². The Bertz CT molecular complexity index is 403. The summed E-state index contributed by atoms with van der Waals surface area (Å²) in [5.41, 5.74) is 0.781. The summed E-state index contributed by atoms with van der Waals surface area (Å²) >= 11 is 3.39. The van der Waals surface area contributed by atoms with Gasteiger partial charge in [0.1, 0.15) is 0 Å². The van der Waals surface area contributed by atoms with Crippen LogP contribution in [0.2, 0.25) is 0 Å². The Labute approximate surface area is 117 Å². The molecule has 98 valence electrons. The first-order valence-corrected chi connectivity index (χ1v) is 7.19. The number of benzene rings is 1. The first-order chi connectivity index (χ1) is 8.70. The van der Waals surface area contributed by atoms with Crippen molar-refractivity contribution in [2.24, 2.45) is 5.92 Å². The summed E-state index contributed by atoms with van der Waals surface area (Å²) in [4.78, 5) is 14.3. The highest BCUT2D eigenvalue weighted by Crippen LogP contribution is 2.19. The van der Waals surface area contributed by atoms with Crippen LogP contribution in [-0.4, -0.2) is 37.5 Å². The largest absolute Gasteiger partial charge is 0.338 e. The van der Waals surface area contributed by atoms with Crippen molar-refractivity contribution in [1.82, 2.24) is 10.2 Å². The van der Waals surface area contributed by atoms with Crippen molar-refractivity contribution in [3.05, 3.63) is 34.3 Å². The van der Waals surface area contributed by atoms with Gasteiger partial charge in [-0.05, 0) is 56.6 Å². The number of rotatable bonds is 3. The van der Waals surface area contributed by atoms with Gasteiger partial charge >= 0.3 is 0 Å². The van der Waals surface area contributed by atoms with Crippen molar-refractivity contribution in [3.63, 3.8) is 0 Å². The van der Waals surface area contributed by atoms with Crippen LogP contribution in [0.3, 0.4) is 0 Å². The minimum absolute atomic E-state index is 0.156. The normalized spacial score (nSPS) is 19.9. The molecular weight excluding hydrogens is 292 g/mol. The Kier molecular flexibility index (Phi) is 4.78. The maximum atomic E-state index is 12.4. The Morgan fingerprint density at radius 1 is 1.44 bits per heavy atom. The Balaban J connectivity index is 2.02. The van der Waals surface area contributed by atoms with Gasteiger partial charge in [-0.15, -0.1) is 0 Å². The number of amides is 1. The number of carbonyl (C=O) groups excluding carboxylic acids is 1. The molecule has 3 nitrogen and oxygen atoms in total. The molecular formula is C14H19BrN2O. The maximum Gasteiger partial charge on any atom is 0.253 e. The van der Waals surface area contributed by atoms with Crippen molar-refractivity contribution in [3.8, 4) is 0 Å². The predicted octanol–water partition coefficient (Wildman–Crippen LogP) is 2.52. The van der Waals surface area contributed by atoms with E-state index in [4.69, 9.17) is 0 Å². The molecule has 0 bridgehead atoms. The molecule has 1 atom stereocenters. The number of nitrogens with one attached hydrogen (secondary N) is 1. The topological polar surface area (TPSA) is 32.3 Å². The van der Waals surface area contributed by atoms with Crippen LogP contribution in [0.15, 0.2) is 28.7 Å². The standard InChI is InChI=1S/C14H19BrN2O/c1-16-9-11-3-2-8-17(10-11)14(18)12-4-6-13(15)7-5-12/h4-7,11,16H,2-3,8-10H2,1H3/t11-/m1/s1. The van der Waals surface area contributed by atoms with Gasteiger partial charge in [0.25, 0.3) is 5.91 Å². The third-order valence-electron chi connectivity index (χ3n) is 3.39. The van der Waals surface area contributed by atoms with Crippen LogP contribution in [0, 0.1) is 5.92 Å². The molecule has 0 unspecified atom stereocenters. The van der Waals surface area contributed by atoms with E-state index in [-0.39, 0.29) is 5.91 Å². The zero-order chi connectivity index (χ0) is 13.0. The molecule has 1 heterocycles. The number of hydrogen-bond donors (Lipinski definition) is 1. The lowest BCUT2D eigenvalue weighted by atomic mass is 9.97. The average molecular weight is 311 g/mol. The third-order valence-corrected chi connectivity index (χ3v) is 3.92.